The minimum absolute atomic E-state index is 0.0200. The predicted octanol–water partition coefficient (Wildman–Crippen LogP) is 3.75. The van der Waals surface area contributed by atoms with Crippen molar-refractivity contribution in [2.75, 3.05) is 5.32 Å². The summed E-state index contributed by atoms with van der Waals surface area (Å²) in [5.74, 6) is -0.0823. The molecule has 0 atom stereocenters. The second-order valence-electron chi connectivity index (χ2n) is 6.11. The van der Waals surface area contributed by atoms with Crippen molar-refractivity contribution in [1.29, 1.82) is 0 Å². The summed E-state index contributed by atoms with van der Waals surface area (Å²) >= 11 is 0. The standard InChI is InChI=1S/C18H16F3N5O2/c1-11-6-15(24-14-8-12(4-5-22-14)18(19,20)21)25-16(7-11)26-9-13(23-10-26)2-3-17(27)28/h4-10H,2-3H2,1H3,(H,27,28)(H,22,24,25). The van der Waals surface area contributed by atoms with Crippen LogP contribution in [0.1, 0.15) is 23.2 Å². The molecule has 0 fully saturated rings. The molecule has 0 spiro atoms. The number of carboxylic acids is 1. The molecule has 0 aromatic carbocycles. The van der Waals surface area contributed by atoms with Gasteiger partial charge in [-0.1, -0.05) is 0 Å². The van der Waals surface area contributed by atoms with Gasteiger partial charge in [0, 0.05) is 18.8 Å². The van der Waals surface area contributed by atoms with Crippen LogP contribution in [0.4, 0.5) is 24.8 Å². The number of hydrogen-bond acceptors (Lipinski definition) is 5. The molecule has 3 heterocycles. The van der Waals surface area contributed by atoms with E-state index in [1.807, 2.05) is 6.92 Å². The smallest absolute Gasteiger partial charge is 0.416 e. The molecular weight excluding hydrogens is 375 g/mol. The van der Waals surface area contributed by atoms with Gasteiger partial charge in [-0.2, -0.15) is 13.2 Å². The molecule has 3 aromatic rings. The van der Waals surface area contributed by atoms with Crippen LogP contribution in [0.3, 0.4) is 0 Å². The second-order valence-corrected chi connectivity index (χ2v) is 6.11. The monoisotopic (exact) mass is 391 g/mol. The number of nitrogens with zero attached hydrogens (tertiary/aromatic N) is 4. The van der Waals surface area contributed by atoms with Crippen LogP contribution in [-0.2, 0) is 17.4 Å². The van der Waals surface area contributed by atoms with E-state index in [0.29, 0.717) is 17.3 Å². The molecule has 0 saturated heterocycles. The van der Waals surface area contributed by atoms with E-state index in [1.54, 1.807) is 22.9 Å². The van der Waals surface area contributed by atoms with Gasteiger partial charge in [-0.05, 0) is 36.8 Å². The first kappa shape index (κ1) is 19.3. The molecule has 3 aromatic heterocycles. The zero-order valence-electron chi connectivity index (χ0n) is 14.7. The maximum atomic E-state index is 12.9. The maximum Gasteiger partial charge on any atom is 0.416 e. The van der Waals surface area contributed by atoms with E-state index in [4.69, 9.17) is 5.11 Å². The van der Waals surface area contributed by atoms with Crippen LogP contribution in [0, 0.1) is 6.92 Å². The van der Waals surface area contributed by atoms with Gasteiger partial charge in [0.15, 0.2) is 0 Å². The SMILES string of the molecule is Cc1cc(Nc2cc(C(F)(F)F)ccn2)nc(-n2cnc(CCC(=O)O)c2)c1. The van der Waals surface area contributed by atoms with Crippen molar-refractivity contribution in [3.05, 3.63) is 59.8 Å². The van der Waals surface area contributed by atoms with Crippen molar-refractivity contribution < 1.29 is 23.1 Å². The van der Waals surface area contributed by atoms with Crippen LogP contribution < -0.4 is 5.32 Å². The van der Waals surface area contributed by atoms with Crippen molar-refractivity contribution in [2.45, 2.75) is 25.9 Å². The molecule has 2 N–H and O–H groups in total. The lowest BCUT2D eigenvalue weighted by molar-refractivity contribution is -0.138. The summed E-state index contributed by atoms with van der Waals surface area (Å²) in [4.78, 5) is 23.1. The molecule has 0 radical (unpaired) electrons. The van der Waals surface area contributed by atoms with Gasteiger partial charge in [0.05, 0.1) is 17.7 Å². The number of aliphatic carboxylic acids is 1. The van der Waals surface area contributed by atoms with Crippen molar-refractivity contribution in [1.82, 2.24) is 19.5 Å². The lowest BCUT2D eigenvalue weighted by Crippen LogP contribution is -2.07. The highest BCUT2D eigenvalue weighted by atomic mass is 19.4. The zero-order valence-corrected chi connectivity index (χ0v) is 14.7. The number of carboxylic acid groups (broad SMARTS) is 1. The van der Waals surface area contributed by atoms with E-state index in [2.05, 4.69) is 20.3 Å². The average Bonchev–Trinajstić information content (AvgIpc) is 3.08. The molecule has 3 rings (SSSR count). The molecule has 7 nitrogen and oxygen atoms in total. The summed E-state index contributed by atoms with van der Waals surface area (Å²) in [6.45, 7) is 1.82. The summed E-state index contributed by atoms with van der Waals surface area (Å²) in [5, 5.41) is 11.5. The van der Waals surface area contributed by atoms with Gasteiger partial charge in [-0.3, -0.25) is 9.36 Å². The number of aryl methyl sites for hydroxylation is 2. The summed E-state index contributed by atoms with van der Waals surface area (Å²) in [7, 11) is 0. The lowest BCUT2D eigenvalue weighted by Gasteiger charge is -2.11. The average molecular weight is 391 g/mol. The number of pyridine rings is 2. The van der Waals surface area contributed by atoms with E-state index in [1.165, 1.54) is 6.33 Å². The fraction of sp³-hybridized carbons (Fsp3) is 0.222. The first-order chi connectivity index (χ1) is 13.2. The normalized spacial score (nSPS) is 11.4. The summed E-state index contributed by atoms with van der Waals surface area (Å²) < 4.78 is 40.2. The molecule has 0 amide bonds. The summed E-state index contributed by atoms with van der Waals surface area (Å²) in [6, 6.07) is 5.25. The molecule has 0 aliphatic carbocycles. The Morgan fingerprint density at radius 3 is 2.71 bits per heavy atom. The van der Waals surface area contributed by atoms with Crippen molar-refractivity contribution in [3.63, 3.8) is 0 Å². The third kappa shape index (κ3) is 4.84. The second kappa shape index (κ2) is 7.67. The van der Waals surface area contributed by atoms with Gasteiger partial charge in [0.1, 0.15) is 23.8 Å². The highest BCUT2D eigenvalue weighted by Gasteiger charge is 2.30. The Morgan fingerprint density at radius 1 is 1.21 bits per heavy atom. The fourth-order valence-electron chi connectivity index (χ4n) is 2.50. The van der Waals surface area contributed by atoms with Crippen LogP contribution in [0.25, 0.3) is 5.82 Å². The van der Waals surface area contributed by atoms with Gasteiger partial charge >= 0.3 is 12.1 Å². The van der Waals surface area contributed by atoms with Crippen molar-refractivity contribution in [3.8, 4) is 5.82 Å². The highest BCUT2D eigenvalue weighted by Crippen LogP contribution is 2.30. The third-order valence-corrected chi connectivity index (χ3v) is 3.80. The quantitative estimate of drug-likeness (QED) is 0.665. The Labute approximate surface area is 157 Å². The van der Waals surface area contributed by atoms with Crippen molar-refractivity contribution >= 4 is 17.6 Å². The number of carbonyl (C=O) groups is 1. The molecule has 28 heavy (non-hydrogen) atoms. The van der Waals surface area contributed by atoms with E-state index < -0.39 is 17.7 Å². The first-order valence-corrected chi connectivity index (χ1v) is 8.25. The minimum atomic E-state index is -4.46. The number of imidazole rings is 1. The number of alkyl halides is 3. The number of anilines is 2. The zero-order chi connectivity index (χ0) is 20.3. The van der Waals surface area contributed by atoms with E-state index in [9.17, 15) is 18.0 Å². The third-order valence-electron chi connectivity index (χ3n) is 3.80. The number of halogens is 3. The Balaban J connectivity index is 1.83. The molecule has 0 aliphatic heterocycles. The minimum Gasteiger partial charge on any atom is -0.481 e. The topological polar surface area (TPSA) is 92.9 Å². The molecule has 0 aliphatic rings. The number of hydrogen-bond donors (Lipinski definition) is 2. The van der Waals surface area contributed by atoms with Crippen molar-refractivity contribution in [2.24, 2.45) is 0 Å². The van der Waals surface area contributed by atoms with E-state index >= 15 is 0 Å². The molecular formula is C18H16F3N5O2. The van der Waals surface area contributed by atoms with Gasteiger partial charge in [0.25, 0.3) is 0 Å². The number of rotatable bonds is 6. The fourth-order valence-corrected chi connectivity index (χ4v) is 2.50. The largest absolute Gasteiger partial charge is 0.481 e. The van der Waals surface area contributed by atoms with Crippen LogP contribution in [0.5, 0.6) is 0 Å². The Kier molecular flexibility index (Phi) is 5.30. The summed E-state index contributed by atoms with van der Waals surface area (Å²) in [6.07, 6.45) is 0.0299. The molecule has 0 bridgehead atoms. The van der Waals surface area contributed by atoms with Crippen LogP contribution in [0.15, 0.2) is 43.0 Å². The molecule has 146 valence electrons. The van der Waals surface area contributed by atoms with Crippen LogP contribution in [0.2, 0.25) is 0 Å². The van der Waals surface area contributed by atoms with Gasteiger partial charge in [-0.25, -0.2) is 15.0 Å². The Hall–Kier alpha value is -3.43. The van der Waals surface area contributed by atoms with E-state index in [0.717, 1.165) is 23.9 Å². The summed E-state index contributed by atoms with van der Waals surface area (Å²) in [5.41, 5.74) is 0.607. The Morgan fingerprint density at radius 2 is 2.00 bits per heavy atom. The predicted molar refractivity (Wildman–Crippen MR) is 94.6 cm³/mol. The number of aromatic nitrogens is 4. The lowest BCUT2D eigenvalue weighted by atomic mass is 10.2. The van der Waals surface area contributed by atoms with E-state index in [-0.39, 0.29) is 18.7 Å². The maximum absolute atomic E-state index is 12.9. The molecule has 0 unspecified atom stereocenters. The highest BCUT2D eigenvalue weighted by molar-refractivity contribution is 5.67. The number of nitrogens with one attached hydrogen (secondary N) is 1. The van der Waals surface area contributed by atoms with Gasteiger partial charge in [0.2, 0.25) is 0 Å². The van der Waals surface area contributed by atoms with Crippen LogP contribution in [-0.4, -0.2) is 30.6 Å². The molecule has 10 heteroatoms. The molecule has 0 saturated carbocycles. The van der Waals surface area contributed by atoms with Crippen LogP contribution >= 0.6 is 0 Å². The van der Waals surface area contributed by atoms with Gasteiger partial charge in [-0.15, -0.1) is 0 Å². The Bertz CT molecular complexity index is 1000. The van der Waals surface area contributed by atoms with Gasteiger partial charge < -0.3 is 10.4 Å². The first-order valence-electron chi connectivity index (χ1n) is 8.25.